The molecule has 28 heavy (non-hydrogen) atoms. The Morgan fingerprint density at radius 3 is 2.46 bits per heavy atom. The Labute approximate surface area is 165 Å². The first-order valence-corrected chi connectivity index (χ1v) is 10.1. The highest BCUT2D eigenvalue weighted by Gasteiger charge is 2.24. The van der Waals surface area contributed by atoms with E-state index in [-0.39, 0.29) is 18.4 Å². The fraction of sp³-hybridized carbons (Fsp3) is 0.619. The van der Waals surface area contributed by atoms with E-state index in [1.165, 1.54) is 12.1 Å². The number of benzene rings is 1. The van der Waals surface area contributed by atoms with Gasteiger partial charge in [0.2, 0.25) is 5.91 Å². The highest BCUT2D eigenvalue weighted by molar-refractivity contribution is 5.78. The first-order chi connectivity index (χ1) is 13.5. The summed E-state index contributed by atoms with van der Waals surface area (Å²) in [5, 5.41) is 11.5. The highest BCUT2D eigenvalue weighted by atomic mass is 19.2. The zero-order valence-corrected chi connectivity index (χ0v) is 16.2. The lowest BCUT2D eigenvalue weighted by Gasteiger charge is -2.37. The molecule has 0 atom stereocenters. The molecule has 0 bridgehead atoms. The zero-order valence-electron chi connectivity index (χ0n) is 16.2. The highest BCUT2D eigenvalue weighted by Crippen LogP contribution is 2.27. The van der Waals surface area contributed by atoms with Crippen LogP contribution in [0, 0.1) is 28.9 Å². The van der Waals surface area contributed by atoms with Gasteiger partial charge in [0, 0.05) is 44.0 Å². The number of nitriles is 1. The Hall–Kier alpha value is -2.20. The minimum atomic E-state index is -0.804. The number of hydrogen-bond acceptors (Lipinski definition) is 4. The summed E-state index contributed by atoms with van der Waals surface area (Å²) in [6.07, 6.45) is 5.32. The summed E-state index contributed by atoms with van der Waals surface area (Å²) in [5.74, 6) is -1.07. The van der Waals surface area contributed by atoms with Crippen molar-refractivity contribution >= 4 is 11.6 Å². The van der Waals surface area contributed by atoms with Gasteiger partial charge in [-0.1, -0.05) is 0 Å². The van der Waals surface area contributed by atoms with Crippen molar-refractivity contribution in [3.8, 4) is 6.07 Å². The monoisotopic (exact) mass is 390 g/mol. The van der Waals surface area contributed by atoms with Crippen LogP contribution in [0.4, 0.5) is 14.5 Å². The molecule has 2 fully saturated rings. The quantitative estimate of drug-likeness (QED) is 0.811. The predicted octanol–water partition coefficient (Wildman–Crippen LogP) is 3.07. The number of nitrogens with zero attached hydrogens (tertiary/aromatic N) is 3. The topological polar surface area (TPSA) is 59.4 Å². The summed E-state index contributed by atoms with van der Waals surface area (Å²) in [5.41, 5.74) is 0.746. The summed E-state index contributed by atoms with van der Waals surface area (Å²) >= 11 is 0. The van der Waals surface area contributed by atoms with Crippen LogP contribution in [0.2, 0.25) is 0 Å². The first kappa shape index (κ1) is 20.5. The number of piperazine rings is 1. The summed E-state index contributed by atoms with van der Waals surface area (Å²) in [7, 11) is 0. The lowest BCUT2D eigenvalue weighted by Crippen LogP contribution is -2.47. The van der Waals surface area contributed by atoms with Crippen LogP contribution in [0.1, 0.15) is 38.5 Å². The van der Waals surface area contributed by atoms with E-state index in [0.29, 0.717) is 5.92 Å². The maximum absolute atomic E-state index is 13.4. The molecule has 5 nitrogen and oxygen atoms in total. The van der Waals surface area contributed by atoms with Crippen molar-refractivity contribution in [2.45, 2.75) is 44.6 Å². The molecule has 0 aromatic heterocycles. The molecule has 1 aliphatic carbocycles. The molecule has 7 heteroatoms. The Morgan fingerprint density at radius 2 is 1.82 bits per heavy atom. The molecule has 1 amide bonds. The van der Waals surface area contributed by atoms with Crippen LogP contribution in [0.3, 0.4) is 0 Å². The van der Waals surface area contributed by atoms with Gasteiger partial charge in [-0.15, -0.1) is 0 Å². The lowest BCUT2D eigenvalue weighted by atomic mass is 9.84. The molecular formula is C21H28F2N4O. The molecule has 1 aromatic carbocycles. The van der Waals surface area contributed by atoms with Gasteiger partial charge in [-0.3, -0.25) is 9.69 Å². The Morgan fingerprint density at radius 1 is 1.11 bits per heavy atom. The van der Waals surface area contributed by atoms with Crippen LogP contribution in [0.15, 0.2) is 18.2 Å². The van der Waals surface area contributed by atoms with E-state index in [9.17, 15) is 13.6 Å². The minimum Gasteiger partial charge on any atom is -0.369 e. The molecule has 1 heterocycles. The molecule has 1 N–H and O–H groups in total. The number of carbonyl (C=O) groups excluding carboxylic acids is 1. The van der Waals surface area contributed by atoms with Gasteiger partial charge < -0.3 is 10.2 Å². The molecule has 0 radical (unpaired) electrons. The Bertz CT molecular complexity index is 705. The number of halogens is 2. The summed E-state index contributed by atoms with van der Waals surface area (Å²) in [6, 6.07) is 6.21. The van der Waals surface area contributed by atoms with Gasteiger partial charge in [-0.25, -0.2) is 8.78 Å². The second-order valence-electron chi connectivity index (χ2n) is 7.84. The van der Waals surface area contributed by atoms with Crippen molar-refractivity contribution in [2.24, 2.45) is 5.92 Å². The van der Waals surface area contributed by atoms with E-state index in [1.807, 2.05) is 6.07 Å². The van der Waals surface area contributed by atoms with E-state index in [0.717, 1.165) is 70.5 Å². The largest absolute Gasteiger partial charge is 0.369 e. The molecular weight excluding hydrogens is 362 g/mol. The van der Waals surface area contributed by atoms with Crippen LogP contribution in [-0.2, 0) is 4.79 Å². The third kappa shape index (κ3) is 5.65. The molecule has 1 saturated carbocycles. The lowest BCUT2D eigenvalue weighted by molar-refractivity contribution is -0.121. The molecule has 2 aliphatic rings. The Balaban J connectivity index is 1.34. The van der Waals surface area contributed by atoms with Crippen molar-refractivity contribution < 1.29 is 13.6 Å². The number of rotatable bonds is 6. The molecule has 1 saturated heterocycles. The second-order valence-corrected chi connectivity index (χ2v) is 7.84. The van der Waals surface area contributed by atoms with Gasteiger partial charge in [-0.2, -0.15) is 5.26 Å². The summed E-state index contributed by atoms with van der Waals surface area (Å²) in [4.78, 5) is 16.1. The third-order valence-electron chi connectivity index (χ3n) is 5.95. The number of carbonyl (C=O) groups is 1. The Kier molecular flexibility index (Phi) is 7.21. The van der Waals surface area contributed by atoms with Gasteiger partial charge in [0.25, 0.3) is 0 Å². The zero-order chi connectivity index (χ0) is 19.9. The van der Waals surface area contributed by atoms with Crippen LogP contribution in [0.5, 0.6) is 0 Å². The average molecular weight is 390 g/mol. The molecule has 3 rings (SSSR count). The summed E-state index contributed by atoms with van der Waals surface area (Å²) in [6.45, 7) is 4.56. The van der Waals surface area contributed by atoms with Crippen LogP contribution in [0.25, 0.3) is 0 Å². The second kappa shape index (κ2) is 9.83. The van der Waals surface area contributed by atoms with Crippen LogP contribution >= 0.6 is 0 Å². The van der Waals surface area contributed by atoms with E-state index in [4.69, 9.17) is 5.26 Å². The fourth-order valence-corrected chi connectivity index (χ4v) is 4.22. The fourth-order valence-electron chi connectivity index (χ4n) is 4.22. The molecule has 0 unspecified atom stereocenters. The number of hydrogen-bond donors (Lipinski definition) is 1. The maximum atomic E-state index is 13.4. The van der Waals surface area contributed by atoms with Crippen molar-refractivity contribution in [2.75, 3.05) is 37.6 Å². The molecule has 1 aromatic rings. The standard InChI is InChI=1S/C21H28F2N4O/c22-19-6-5-18(15-20(19)23)27-13-11-26(12-14-27)10-8-16-1-3-17(4-2-16)25-21(28)7-9-24/h5-6,15-17H,1-4,7-8,10-14H2,(H,25,28)/t16-,17-. The van der Waals surface area contributed by atoms with Gasteiger partial charge in [0.1, 0.15) is 6.42 Å². The van der Waals surface area contributed by atoms with E-state index < -0.39 is 11.6 Å². The van der Waals surface area contributed by atoms with E-state index in [2.05, 4.69) is 15.1 Å². The van der Waals surface area contributed by atoms with Crippen molar-refractivity contribution in [1.82, 2.24) is 10.2 Å². The van der Waals surface area contributed by atoms with Gasteiger partial charge in [0.05, 0.1) is 6.07 Å². The average Bonchev–Trinajstić information content (AvgIpc) is 2.70. The van der Waals surface area contributed by atoms with Crippen LogP contribution in [-0.4, -0.2) is 49.6 Å². The smallest absolute Gasteiger partial charge is 0.234 e. The third-order valence-corrected chi connectivity index (χ3v) is 5.95. The number of amides is 1. The first-order valence-electron chi connectivity index (χ1n) is 10.1. The minimum absolute atomic E-state index is 0.0591. The van der Waals surface area contributed by atoms with E-state index >= 15 is 0 Å². The maximum Gasteiger partial charge on any atom is 0.234 e. The van der Waals surface area contributed by atoms with Crippen molar-refractivity contribution in [1.29, 1.82) is 5.26 Å². The summed E-state index contributed by atoms with van der Waals surface area (Å²) < 4.78 is 26.5. The SMILES string of the molecule is N#CCC(=O)N[C@H]1CC[C@H](CCN2CCN(c3ccc(F)c(F)c3)CC2)CC1. The number of nitrogens with one attached hydrogen (secondary N) is 1. The predicted molar refractivity (Wildman–Crippen MR) is 104 cm³/mol. The van der Waals surface area contributed by atoms with Gasteiger partial charge >= 0.3 is 0 Å². The van der Waals surface area contributed by atoms with Crippen LogP contribution < -0.4 is 10.2 Å². The molecule has 1 aliphatic heterocycles. The van der Waals surface area contributed by atoms with Gasteiger partial charge in [0.15, 0.2) is 11.6 Å². The van der Waals surface area contributed by atoms with Gasteiger partial charge in [-0.05, 0) is 56.7 Å². The van der Waals surface area contributed by atoms with Crippen molar-refractivity contribution in [3.05, 3.63) is 29.8 Å². The van der Waals surface area contributed by atoms with Crippen molar-refractivity contribution in [3.63, 3.8) is 0 Å². The number of anilines is 1. The molecule has 0 spiro atoms. The normalized spacial score (nSPS) is 23.2. The molecule has 152 valence electrons. The van der Waals surface area contributed by atoms with E-state index in [1.54, 1.807) is 6.07 Å².